The fraction of sp³-hybridized carbons (Fsp3) is 0.409. The van der Waals surface area contributed by atoms with Crippen molar-refractivity contribution >= 4 is 5.91 Å². The maximum Gasteiger partial charge on any atom is 0.230 e. The van der Waals surface area contributed by atoms with Gasteiger partial charge in [0.25, 0.3) is 0 Å². The Morgan fingerprint density at radius 2 is 1.59 bits per heavy atom. The van der Waals surface area contributed by atoms with Crippen molar-refractivity contribution in [1.29, 1.82) is 0 Å². The molecule has 0 spiro atoms. The first-order valence-electron chi connectivity index (χ1n) is 9.28. The van der Waals surface area contributed by atoms with Gasteiger partial charge in [0.05, 0.1) is 26.7 Å². The summed E-state index contributed by atoms with van der Waals surface area (Å²) in [5.74, 6) is 1.78. The second-order valence-corrected chi connectivity index (χ2v) is 6.83. The lowest BCUT2D eigenvalue weighted by Crippen LogP contribution is -2.42. The molecule has 2 aromatic rings. The highest BCUT2D eigenvalue weighted by Gasteiger charge is 2.42. The Morgan fingerprint density at radius 1 is 0.926 bits per heavy atom. The Kier molecular flexibility index (Phi) is 5.89. The van der Waals surface area contributed by atoms with E-state index in [0.29, 0.717) is 23.8 Å². The van der Waals surface area contributed by atoms with Crippen LogP contribution in [0.3, 0.4) is 0 Å². The van der Waals surface area contributed by atoms with Gasteiger partial charge in [-0.1, -0.05) is 43.2 Å². The summed E-state index contributed by atoms with van der Waals surface area (Å²) >= 11 is 0. The normalized spacial score (nSPS) is 15.2. The molecule has 5 nitrogen and oxygen atoms in total. The first-order valence-corrected chi connectivity index (χ1v) is 9.28. The molecule has 1 N–H and O–H groups in total. The van der Waals surface area contributed by atoms with E-state index >= 15 is 0 Å². The molecule has 0 atom stereocenters. The van der Waals surface area contributed by atoms with Crippen molar-refractivity contribution in [3.8, 4) is 17.2 Å². The molecular weight excluding hydrogens is 342 g/mol. The van der Waals surface area contributed by atoms with Crippen LogP contribution < -0.4 is 19.5 Å². The molecule has 1 aliphatic carbocycles. The molecule has 0 aliphatic heterocycles. The van der Waals surface area contributed by atoms with Crippen molar-refractivity contribution in [2.75, 3.05) is 21.3 Å². The van der Waals surface area contributed by atoms with E-state index in [1.165, 1.54) is 0 Å². The molecule has 5 heteroatoms. The van der Waals surface area contributed by atoms with Crippen LogP contribution in [0.1, 0.15) is 36.8 Å². The SMILES string of the molecule is COc1ccc(CNC(=O)C2(c3ccccc3)CCCC2)c(OC)c1OC. The van der Waals surface area contributed by atoms with Gasteiger partial charge in [-0.05, 0) is 30.5 Å². The van der Waals surface area contributed by atoms with Gasteiger partial charge in [0.2, 0.25) is 11.7 Å². The average Bonchev–Trinajstić information content (AvgIpc) is 3.23. The lowest BCUT2D eigenvalue weighted by atomic mass is 9.78. The molecule has 2 aromatic carbocycles. The van der Waals surface area contributed by atoms with E-state index in [2.05, 4.69) is 17.4 Å². The Hall–Kier alpha value is -2.69. The van der Waals surface area contributed by atoms with Crippen LogP contribution in [0, 0.1) is 0 Å². The molecule has 27 heavy (non-hydrogen) atoms. The number of carbonyl (C=O) groups is 1. The largest absolute Gasteiger partial charge is 0.493 e. The quantitative estimate of drug-likeness (QED) is 0.806. The highest BCUT2D eigenvalue weighted by atomic mass is 16.5. The number of hydrogen-bond acceptors (Lipinski definition) is 4. The molecule has 0 heterocycles. The van der Waals surface area contributed by atoms with E-state index in [9.17, 15) is 4.79 Å². The second kappa shape index (κ2) is 8.33. The maximum atomic E-state index is 13.2. The summed E-state index contributed by atoms with van der Waals surface area (Å²) in [5.41, 5.74) is 1.51. The van der Waals surface area contributed by atoms with Crippen LogP contribution in [0.5, 0.6) is 17.2 Å². The van der Waals surface area contributed by atoms with Crippen molar-refractivity contribution in [3.05, 3.63) is 53.6 Å². The summed E-state index contributed by atoms with van der Waals surface area (Å²) in [6.45, 7) is 0.372. The fourth-order valence-corrected chi connectivity index (χ4v) is 4.03. The van der Waals surface area contributed by atoms with Crippen molar-refractivity contribution in [1.82, 2.24) is 5.32 Å². The van der Waals surface area contributed by atoms with Crippen LogP contribution in [-0.4, -0.2) is 27.2 Å². The van der Waals surface area contributed by atoms with E-state index in [1.807, 2.05) is 30.3 Å². The predicted molar refractivity (Wildman–Crippen MR) is 105 cm³/mol. The molecular formula is C22H27NO4. The molecule has 0 aromatic heterocycles. The Morgan fingerprint density at radius 3 is 2.19 bits per heavy atom. The summed E-state index contributed by atoms with van der Waals surface area (Å²) in [5, 5.41) is 3.13. The number of carbonyl (C=O) groups excluding carboxylic acids is 1. The second-order valence-electron chi connectivity index (χ2n) is 6.83. The number of methoxy groups -OCH3 is 3. The molecule has 0 radical (unpaired) electrons. The molecule has 3 rings (SSSR count). The topological polar surface area (TPSA) is 56.8 Å². The van der Waals surface area contributed by atoms with Crippen LogP contribution in [0.4, 0.5) is 0 Å². The van der Waals surface area contributed by atoms with Crippen LogP contribution in [-0.2, 0) is 16.8 Å². The van der Waals surface area contributed by atoms with E-state index < -0.39 is 5.41 Å². The lowest BCUT2D eigenvalue weighted by Gasteiger charge is -2.28. The number of nitrogens with one attached hydrogen (secondary N) is 1. The zero-order valence-corrected chi connectivity index (χ0v) is 16.2. The third kappa shape index (κ3) is 3.59. The number of hydrogen-bond donors (Lipinski definition) is 1. The molecule has 1 saturated carbocycles. The summed E-state index contributed by atoms with van der Waals surface area (Å²) < 4.78 is 16.3. The zero-order chi connectivity index (χ0) is 19.3. The third-order valence-electron chi connectivity index (χ3n) is 5.44. The highest BCUT2D eigenvalue weighted by Crippen LogP contribution is 2.42. The van der Waals surface area contributed by atoms with E-state index in [0.717, 1.165) is 36.8 Å². The molecule has 0 unspecified atom stereocenters. The van der Waals surface area contributed by atoms with Gasteiger partial charge < -0.3 is 19.5 Å². The highest BCUT2D eigenvalue weighted by molar-refractivity contribution is 5.88. The Bertz CT molecular complexity index is 782. The molecule has 1 amide bonds. The maximum absolute atomic E-state index is 13.2. The fourth-order valence-electron chi connectivity index (χ4n) is 4.03. The number of ether oxygens (including phenoxy) is 3. The van der Waals surface area contributed by atoms with Crippen molar-refractivity contribution in [2.24, 2.45) is 0 Å². The van der Waals surface area contributed by atoms with Gasteiger partial charge in [-0.15, -0.1) is 0 Å². The van der Waals surface area contributed by atoms with Gasteiger partial charge in [-0.25, -0.2) is 0 Å². The van der Waals surface area contributed by atoms with Gasteiger partial charge in [0, 0.05) is 12.1 Å². The number of amides is 1. The van der Waals surface area contributed by atoms with E-state index in [1.54, 1.807) is 21.3 Å². The zero-order valence-electron chi connectivity index (χ0n) is 16.2. The summed E-state index contributed by atoms with van der Waals surface area (Å²) in [7, 11) is 4.75. The molecule has 1 aliphatic rings. The summed E-state index contributed by atoms with van der Waals surface area (Å²) in [6.07, 6.45) is 3.90. The lowest BCUT2D eigenvalue weighted by molar-refractivity contribution is -0.126. The van der Waals surface area contributed by atoms with Crippen molar-refractivity contribution < 1.29 is 19.0 Å². The first-order chi connectivity index (χ1) is 13.2. The van der Waals surface area contributed by atoms with Gasteiger partial charge in [0.1, 0.15) is 0 Å². The Labute approximate surface area is 160 Å². The molecule has 0 saturated heterocycles. The van der Waals surface area contributed by atoms with Gasteiger partial charge in [0.15, 0.2) is 11.5 Å². The minimum atomic E-state index is -0.439. The molecule has 0 bridgehead atoms. The minimum absolute atomic E-state index is 0.0723. The average molecular weight is 369 g/mol. The smallest absolute Gasteiger partial charge is 0.230 e. The minimum Gasteiger partial charge on any atom is -0.493 e. The number of benzene rings is 2. The van der Waals surface area contributed by atoms with Gasteiger partial charge in [-0.3, -0.25) is 4.79 Å². The van der Waals surface area contributed by atoms with Crippen LogP contribution in [0.15, 0.2) is 42.5 Å². The molecule has 144 valence electrons. The van der Waals surface area contributed by atoms with Gasteiger partial charge in [-0.2, -0.15) is 0 Å². The van der Waals surface area contributed by atoms with Crippen molar-refractivity contribution in [3.63, 3.8) is 0 Å². The van der Waals surface area contributed by atoms with Gasteiger partial charge >= 0.3 is 0 Å². The standard InChI is InChI=1S/C22H27NO4/c1-25-18-12-11-16(19(26-2)20(18)27-3)15-23-21(24)22(13-7-8-14-22)17-9-5-4-6-10-17/h4-6,9-12H,7-8,13-15H2,1-3H3,(H,23,24). The first kappa shape index (κ1) is 19.1. The Balaban J connectivity index is 1.83. The van der Waals surface area contributed by atoms with Crippen molar-refractivity contribution in [2.45, 2.75) is 37.6 Å². The van der Waals surface area contributed by atoms with Crippen LogP contribution in [0.2, 0.25) is 0 Å². The number of rotatable bonds is 7. The monoisotopic (exact) mass is 369 g/mol. The third-order valence-corrected chi connectivity index (χ3v) is 5.44. The van der Waals surface area contributed by atoms with Crippen LogP contribution in [0.25, 0.3) is 0 Å². The summed E-state index contributed by atoms with van der Waals surface area (Å²) in [6, 6.07) is 13.8. The van der Waals surface area contributed by atoms with E-state index in [4.69, 9.17) is 14.2 Å². The van der Waals surface area contributed by atoms with E-state index in [-0.39, 0.29) is 5.91 Å². The summed E-state index contributed by atoms with van der Waals surface area (Å²) in [4.78, 5) is 13.2. The molecule has 1 fully saturated rings. The van der Waals surface area contributed by atoms with Crippen LogP contribution >= 0.6 is 0 Å². The predicted octanol–water partition coefficient (Wildman–Crippen LogP) is 3.84.